The molecule has 29 heavy (non-hydrogen) atoms. The Bertz CT molecular complexity index is 1050. The maximum absolute atomic E-state index is 12.5. The van der Waals surface area contributed by atoms with Gasteiger partial charge in [0.2, 0.25) is 11.8 Å². The van der Waals surface area contributed by atoms with E-state index in [0.29, 0.717) is 23.0 Å². The number of hydrogen-bond acceptors (Lipinski definition) is 6. The smallest absolute Gasteiger partial charge is 0.322 e. The number of rotatable bonds is 5. The first-order chi connectivity index (χ1) is 14.0. The predicted octanol–water partition coefficient (Wildman–Crippen LogP) is 4.22. The summed E-state index contributed by atoms with van der Waals surface area (Å²) in [6, 6.07) is 14.3. The molecule has 1 fully saturated rings. The highest BCUT2D eigenvalue weighted by molar-refractivity contribution is 7.98. The number of amides is 2. The topological polar surface area (TPSA) is 88.3 Å². The van der Waals surface area contributed by atoms with Crippen molar-refractivity contribution in [2.24, 2.45) is 0 Å². The van der Waals surface area contributed by atoms with Crippen LogP contribution in [0.15, 0.2) is 57.8 Å². The van der Waals surface area contributed by atoms with E-state index in [2.05, 4.69) is 15.5 Å². The summed E-state index contributed by atoms with van der Waals surface area (Å²) in [5, 5.41) is 10.9. The molecule has 1 saturated heterocycles. The fourth-order valence-electron chi connectivity index (χ4n) is 3.13. The molecule has 9 heteroatoms. The lowest BCUT2D eigenvalue weighted by Gasteiger charge is -2.16. The van der Waals surface area contributed by atoms with Gasteiger partial charge in [0.05, 0.1) is 5.92 Å². The van der Waals surface area contributed by atoms with Crippen molar-refractivity contribution in [3.8, 4) is 0 Å². The Hall–Kier alpha value is -2.84. The summed E-state index contributed by atoms with van der Waals surface area (Å²) < 4.78 is 5.59. The summed E-state index contributed by atoms with van der Waals surface area (Å²) in [6.45, 7) is 0.446. The van der Waals surface area contributed by atoms with Crippen molar-refractivity contribution in [2.45, 2.75) is 17.2 Å². The minimum atomic E-state index is -0.402. The van der Waals surface area contributed by atoms with Crippen molar-refractivity contribution >= 4 is 46.9 Å². The summed E-state index contributed by atoms with van der Waals surface area (Å²) >= 11 is 7.55. The number of carbonyl (C=O) groups is 2. The van der Waals surface area contributed by atoms with Gasteiger partial charge < -0.3 is 9.32 Å². The first-order valence-corrected chi connectivity index (χ1v) is 10.5. The van der Waals surface area contributed by atoms with Crippen molar-refractivity contribution in [2.75, 3.05) is 23.0 Å². The van der Waals surface area contributed by atoms with Crippen molar-refractivity contribution in [3.63, 3.8) is 0 Å². The van der Waals surface area contributed by atoms with Crippen LogP contribution in [0.2, 0.25) is 5.02 Å². The van der Waals surface area contributed by atoms with Crippen molar-refractivity contribution in [3.05, 3.63) is 65.0 Å². The maximum Gasteiger partial charge on any atom is 0.322 e. The number of hydrogen-bond donors (Lipinski definition) is 1. The zero-order valence-corrected chi connectivity index (χ0v) is 17.0. The number of nitrogens with zero attached hydrogens (tertiary/aromatic N) is 3. The minimum absolute atomic E-state index is 0.00499. The maximum atomic E-state index is 12.5. The molecule has 2 amide bonds. The molecule has 0 unspecified atom stereocenters. The molecule has 2 heterocycles. The van der Waals surface area contributed by atoms with Gasteiger partial charge >= 0.3 is 6.01 Å². The largest absolute Gasteiger partial charge is 0.407 e. The molecule has 1 aromatic heterocycles. The molecule has 7 nitrogen and oxygen atoms in total. The third kappa shape index (κ3) is 4.28. The van der Waals surface area contributed by atoms with E-state index in [1.165, 1.54) is 0 Å². The van der Waals surface area contributed by atoms with Crippen LogP contribution in [-0.2, 0) is 4.79 Å². The van der Waals surface area contributed by atoms with E-state index < -0.39 is 5.91 Å². The molecule has 0 bridgehead atoms. The van der Waals surface area contributed by atoms with E-state index >= 15 is 0 Å². The quantitative estimate of drug-likeness (QED) is 0.612. The molecular weight excluding hydrogens is 412 g/mol. The SMILES string of the molecule is CSc1ccc(N2C[C@@H](c3nnc(NC(=O)c4cccc(Cl)c4)o3)CC2=O)cc1. The number of carbonyl (C=O) groups excluding carboxylic acids is 2. The molecule has 2 aromatic carbocycles. The van der Waals surface area contributed by atoms with Crippen molar-refractivity contribution in [1.29, 1.82) is 0 Å². The lowest BCUT2D eigenvalue weighted by Crippen LogP contribution is -2.24. The van der Waals surface area contributed by atoms with Crippen molar-refractivity contribution < 1.29 is 14.0 Å². The molecule has 3 aromatic rings. The molecule has 1 atom stereocenters. The molecule has 0 saturated carbocycles. The van der Waals surface area contributed by atoms with Gasteiger partial charge in [-0.15, -0.1) is 16.9 Å². The Morgan fingerprint density at radius 2 is 2.03 bits per heavy atom. The first-order valence-electron chi connectivity index (χ1n) is 8.88. The first kappa shape index (κ1) is 19.5. The van der Waals surface area contributed by atoms with E-state index in [9.17, 15) is 9.59 Å². The summed E-state index contributed by atoms with van der Waals surface area (Å²) in [7, 11) is 0. The Labute approximate surface area is 176 Å². The average Bonchev–Trinajstić information content (AvgIpc) is 3.34. The highest BCUT2D eigenvalue weighted by Gasteiger charge is 2.35. The Morgan fingerprint density at radius 1 is 1.24 bits per heavy atom. The Balaban J connectivity index is 1.44. The van der Waals surface area contributed by atoms with E-state index in [0.717, 1.165) is 10.6 Å². The van der Waals surface area contributed by atoms with E-state index in [4.69, 9.17) is 16.0 Å². The second-order valence-electron chi connectivity index (χ2n) is 6.51. The number of thioether (sulfide) groups is 1. The lowest BCUT2D eigenvalue weighted by molar-refractivity contribution is -0.117. The standard InChI is InChI=1S/C20H17ClN4O3S/c1-29-16-7-5-15(6-8-16)25-11-13(10-17(25)26)19-23-24-20(28-19)22-18(27)12-3-2-4-14(21)9-12/h2-9,13H,10-11H2,1H3,(H,22,24,27)/t13-/m0/s1. The second kappa shape index (κ2) is 8.26. The van der Waals surface area contributed by atoms with Gasteiger partial charge in [0, 0.05) is 34.1 Å². The number of aromatic nitrogens is 2. The molecule has 0 spiro atoms. The molecule has 148 valence electrons. The van der Waals surface area contributed by atoms with Crippen LogP contribution in [0.1, 0.15) is 28.6 Å². The van der Waals surface area contributed by atoms with Crippen LogP contribution in [-0.4, -0.2) is 34.8 Å². The Kier molecular flexibility index (Phi) is 5.55. The van der Waals surface area contributed by atoms with E-state index in [-0.39, 0.29) is 24.3 Å². The summed E-state index contributed by atoms with van der Waals surface area (Å²) in [4.78, 5) is 27.6. The monoisotopic (exact) mass is 428 g/mol. The summed E-state index contributed by atoms with van der Waals surface area (Å²) in [5.41, 5.74) is 1.22. The molecule has 1 aliphatic rings. The number of nitrogens with one attached hydrogen (secondary N) is 1. The van der Waals surface area contributed by atoms with Crippen LogP contribution in [0.5, 0.6) is 0 Å². The van der Waals surface area contributed by atoms with Gasteiger partial charge in [0.1, 0.15) is 0 Å². The van der Waals surface area contributed by atoms with Gasteiger partial charge in [-0.25, -0.2) is 0 Å². The fraction of sp³-hybridized carbons (Fsp3) is 0.200. The van der Waals surface area contributed by atoms with Gasteiger partial charge in [-0.3, -0.25) is 14.9 Å². The molecule has 1 N–H and O–H groups in total. The van der Waals surface area contributed by atoms with Gasteiger partial charge in [-0.1, -0.05) is 22.8 Å². The zero-order valence-electron chi connectivity index (χ0n) is 15.5. The van der Waals surface area contributed by atoms with Gasteiger partial charge in [0.15, 0.2) is 0 Å². The van der Waals surface area contributed by atoms with Crippen LogP contribution in [0.3, 0.4) is 0 Å². The molecule has 0 radical (unpaired) electrons. The highest BCUT2D eigenvalue weighted by Crippen LogP contribution is 2.32. The normalized spacial score (nSPS) is 16.3. The van der Waals surface area contributed by atoms with Gasteiger partial charge in [-0.2, -0.15) is 0 Å². The fourth-order valence-corrected chi connectivity index (χ4v) is 3.73. The lowest BCUT2D eigenvalue weighted by atomic mass is 10.1. The zero-order chi connectivity index (χ0) is 20.4. The molecule has 1 aliphatic heterocycles. The van der Waals surface area contributed by atoms with E-state index in [1.807, 2.05) is 30.5 Å². The molecule has 4 rings (SSSR count). The number of benzene rings is 2. The number of anilines is 2. The van der Waals surface area contributed by atoms with Crippen LogP contribution >= 0.6 is 23.4 Å². The van der Waals surface area contributed by atoms with Crippen LogP contribution in [0.25, 0.3) is 0 Å². The summed E-state index contributed by atoms with van der Waals surface area (Å²) in [6.07, 6.45) is 2.28. The Morgan fingerprint density at radius 3 is 2.76 bits per heavy atom. The van der Waals surface area contributed by atoms with Crippen LogP contribution in [0, 0.1) is 0 Å². The third-order valence-corrected chi connectivity index (χ3v) is 5.58. The predicted molar refractivity (Wildman–Crippen MR) is 112 cm³/mol. The van der Waals surface area contributed by atoms with Gasteiger partial charge in [0.25, 0.3) is 5.91 Å². The highest BCUT2D eigenvalue weighted by atomic mass is 35.5. The second-order valence-corrected chi connectivity index (χ2v) is 7.83. The van der Waals surface area contributed by atoms with E-state index in [1.54, 1.807) is 40.9 Å². The summed E-state index contributed by atoms with van der Waals surface area (Å²) in [5.74, 6) is -0.314. The van der Waals surface area contributed by atoms with Gasteiger partial charge in [-0.05, 0) is 48.7 Å². The molecular formula is C20H17ClN4O3S. The number of halogens is 1. The van der Waals surface area contributed by atoms with Crippen molar-refractivity contribution in [1.82, 2.24) is 10.2 Å². The average molecular weight is 429 g/mol. The third-order valence-electron chi connectivity index (χ3n) is 4.61. The van der Waals surface area contributed by atoms with Crippen LogP contribution < -0.4 is 10.2 Å². The van der Waals surface area contributed by atoms with Crippen LogP contribution in [0.4, 0.5) is 11.7 Å². The minimum Gasteiger partial charge on any atom is -0.407 e. The molecule has 0 aliphatic carbocycles.